The third kappa shape index (κ3) is 4.82. The van der Waals surface area contributed by atoms with Gasteiger partial charge in [-0.25, -0.2) is 4.98 Å². The van der Waals surface area contributed by atoms with Gasteiger partial charge in [0.15, 0.2) is 10.8 Å². The molecule has 0 aliphatic carbocycles. The van der Waals surface area contributed by atoms with Gasteiger partial charge < -0.3 is 20.3 Å². The molecule has 11 heteroatoms. The van der Waals surface area contributed by atoms with Gasteiger partial charge in [-0.05, 0) is 37.5 Å². The summed E-state index contributed by atoms with van der Waals surface area (Å²) < 4.78 is 6.94. The number of ether oxygens (including phenoxy) is 1. The van der Waals surface area contributed by atoms with Crippen molar-refractivity contribution < 1.29 is 14.3 Å². The molecule has 174 valence electrons. The van der Waals surface area contributed by atoms with Crippen LogP contribution in [0.2, 0.25) is 0 Å². The molecule has 1 aliphatic rings. The zero-order valence-corrected chi connectivity index (χ0v) is 19.6. The fourth-order valence-corrected chi connectivity index (χ4v) is 4.92. The lowest BCUT2D eigenvalue weighted by atomic mass is 9.98. The lowest BCUT2D eigenvalue weighted by molar-refractivity contribution is -0.124. The van der Waals surface area contributed by atoms with Gasteiger partial charge in [0.1, 0.15) is 23.3 Å². The number of amides is 2. The maximum atomic E-state index is 13.0. The summed E-state index contributed by atoms with van der Waals surface area (Å²) in [6.07, 6.45) is 3.03. The molecule has 1 unspecified atom stereocenters. The molecule has 1 fully saturated rings. The number of nitrogens with one attached hydrogen (secondary N) is 2. The molecule has 1 saturated heterocycles. The first kappa shape index (κ1) is 22.7. The minimum atomic E-state index is -0.365. The van der Waals surface area contributed by atoms with Gasteiger partial charge in [-0.1, -0.05) is 17.4 Å². The Hall–Kier alpha value is -3.47. The monoisotopic (exact) mass is 470 g/mol. The van der Waals surface area contributed by atoms with Gasteiger partial charge in [0.2, 0.25) is 11.8 Å². The predicted molar refractivity (Wildman–Crippen MR) is 127 cm³/mol. The van der Waals surface area contributed by atoms with E-state index >= 15 is 0 Å². The third-order valence-corrected chi connectivity index (χ3v) is 6.72. The van der Waals surface area contributed by atoms with Crippen LogP contribution in [-0.4, -0.2) is 53.6 Å². The molecule has 0 bridgehead atoms. The maximum absolute atomic E-state index is 13.0. The number of hydrogen-bond donors (Lipinski definition) is 2. The van der Waals surface area contributed by atoms with Gasteiger partial charge in [0, 0.05) is 20.1 Å². The molecule has 1 aliphatic heterocycles. The second kappa shape index (κ2) is 9.57. The molecule has 2 N–H and O–H groups in total. The molecule has 2 amide bonds. The first-order chi connectivity index (χ1) is 15.9. The number of fused-ring (bicyclic) bond motifs is 1. The van der Waals surface area contributed by atoms with Gasteiger partial charge in [-0.2, -0.15) is 4.98 Å². The van der Waals surface area contributed by atoms with Crippen molar-refractivity contribution in [2.24, 2.45) is 5.92 Å². The highest BCUT2D eigenvalue weighted by Crippen LogP contribution is 2.29. The van der Waals surface area contributed by atoms with Crippen LogP contribution in [0, 0.1) is 12.8 Å². The average molecular weight is 471 g/mol. The topological polar surface area (TPSA) is 118 Å². The molecule has 10 nitrogen and oxygen atoms in total. The summed E-state index contributed by atoms with van der Waals surface area (Å²) >= 11 is 1.24. The molecule has 0 spiro atoms. The number of nitrogens with zero attached hydrogens (tertiary/aromatic N) is 4. The van der Waals surface area contributed by atoms with E-state index in [0.29, 0.717) is 33.5 Å². The number of methoxy groups -OCH3 is 1. The predicted octanol–water partition coefficient (Wildman–Crippen LogP) is 1.77. The average Bonchev–Trinajstić information content (AvgIpc) is 3.26. The van der Waals surface area contributed by atoms with E-state index in [0.717, 1.165) is 24.9 Å². The fourth-order valence-electron chi connectivity index (χ4n) is 3.92. The molecule has 3 heterocycles. The summed E-state index contributed by atoms with van der Waals surface area (Å²) in [6, 6.07) is 5.47. The van der Waals surface area contributed by atoms with E-state index in [1.54, 1.807) is 19.2 Å². The molecule has 33 heavy (non-hydrogen) atoms. The molecule has 4 rings (SSSR count). The number of hydrogen-bond acceptors (Lipinski definition) is 8. The molecule has 1 aromatic carbocycles. The number of benzene rings is 1. The molecular formula is C22H26N6O4S. The molecule has 0 radical (unpaired) electrons. The van der Waals surface area contributed by atoms with Crippen LogP contribution in [0.25, 0.3) is 10.3 Å². The van der Waals surface area contributed by atoms with Crippen molar-refractivity contribution in [3.05, 3.63) is 40.4 Å². The van der Waals surface area contributed by atoms with E-state index < -0.39 is 0 Å². The fraction of sp³-hybridized carbons (Fsp3) is 0.409. The van der Waals surface area contributed by atoms with Crippen LogP contribution < -0.4 is 25.8 Å². The minimum absolute atomic E-state index is 0.0116. The Morgan fingerprint density at radius 2 is 2.15 bits per heavy atom. The Morgan fingerprint density at radius 1 is 1.33 bits per heavy atom. The van der Waals surface area contributed by atoms with Crippen molar-refractivity contribution in [1.82, 2.24) is 19.9 Å². The van der Waals surface area contributed by atoms with Crippen LogP contribution in [0.1, 0.15) is 18.4 Å². The smallest absolute Gasteiger partial charge is 0.273 e. The van der Waals surface area contributed by atoms with Crippen LogP contribution in [0.3, 0.4) is 0 Å². The second-order valence-corrected chi connectivity index (χ2v) is 8.96. The van der Waals surface area contributed by atoms with Gasteiger partial charge >= 0.3 is 0 Å². The molecule has 0 saturated carbocycles. The maximum Gasteiger partial charge on any atom is 0.273 e. The molecule has 3 aromatic rings. The Labute approximate surface area is 194 Å². The zero-order valence-electron chi connectivity index (χ0n) is 18.8. The summed E-state index contributed by atoms with van der Waals surface area (Å²) in [5, 5.41) is 6.16. The Bertz CT molecular complexity index is 1250. The molecular weight excluding hydrogens is 444 g/mol. The van der Waals surface area contributed by atoms with Crippen molar-refractivity contribution in [3.8, 4) is 5.75 Å². The molecule has 1 atom stereocenters. The van der Waals surface area contributed by atoms with Crippen LogP contribution in [0.5, 0.6) is 5.75 Å². The second-order valence-electron chi connectivity index (χ2n) is 7.98. The number of anilines is 2. The normalized spacial score (nSPS) is 16.0. The molecule has 2 aromatic heterocycles. The van der Waals surface area contributed by atoms with Crippen molar-refractivity contribution in [2.45, 2.75) is 26.3 Å². The zero-order chi connectivity index (χ0) is 23.5. The first-order valence-corrected chi connectivity index (χ1v) is 11.5. The summed E-state index contributed by atoms with van der Waals surface area (Å²) in [5.74, 6) is 0.0788. The van der Waals surface area contributed by atoms with Crippen molar-refractivity contribution in [2.75, 3.05) is 37.5 Å². The van der Waals surface area contributed by atoms with Crippen molar-refractivity contribution in [3.63, 3.8) is 0 Å². The lowest BCUT2D eigenvalue weighted by Crippen LogP contribution is -2.42. The van der Waals surface area contributed by atoms with Crippen molar-refractivity contribution in [1.29, 1.82) is 0 Å². The van der Waals surface area contributed by atoms with Crippen LogP contribution in [0.4, 0.5) is 10.8 Å². The van der Waals surface area contributed by atoms with E-state index in [-0.39, 0.29) is 29.8 Å². The third-order valence-electron chi connectivity index (χ3n) is 5.62. The highest BCUT2D eigenvalue weighted by Gasteiger charge is 2.27. The summed E-state index contributed by atoms with van der Waals surface area (Å²) in [6.45, 7) is 3.04. The van der Waals surface area contributed by atoms with Crippen LogP contribution >= 0.6 is 11.3 Å². The number of thiazole rings is 1. The van der Waals surface area contributed by atoms with Gasteiger partial charge in [-0.3, -0.25) is 19.0 Å². The van der Waals surface area contributed by atoms with Crippen LogP contribution in [0.15, 0.2) is 29.3 Å². The van der Waals surface area contributed by atoms with Crippen LogP contribution in [-0.2, 0) is 16.1 Å². The summed E-state index contributed by atoms with van der Waals surface area (Å²) in [4.78, 5) is 48.5. The SMILES string of the molecule is CNC(=O)C1CCCN(c2nc3ncn(CC(=O)Nc4cc(C)ccc4OC)c(=O)c3s2)C1. The van der Waals surface area contributed by atoms with Crippen molar-refractivity contribution >= 4 is 44.3 Å². The quantitative estimate of drug-likeness (QED) is 0.564. The van der Waals surface area contributed by atoms with E-state index in [4.69, 9.17) is 4.74 Å². The van der Waals surface area contributed by atoms with Gasteiger partial charge in [-0.15, -0.1) is 0 Å². The number of rotatable bonds is 6. The number of aromatic nitrogens is 3. The number of piperidine rings is 1. The highest BCUT2D eigenvalue weighted by molar-refractivity contribution is 7.22. The highest BCUT2D eigenvalue weighted by atomic mass is 32.1. The lowest BCUT2D eigenvalue weighted by Gasteiger charge is -2.31. The van der Waals surface area contributed by atoms with E-state index in [9.17, 15) is 14.4 Å². The summed E-state index contributed by atoms with van der Waals surface area (Å²) in [5.41, 5.74) is 1.54. The minimum Gasteiger partial charge on any atom is -0.495 e. The Balaban J connectivity index is 1.53. The van der Waals surface area contributed by atoms with Gasteiger partial charge in [0.25, 0.3) is 5.56 Å². The number of carbonyl (C=O) groups excluding carboxylic acids is 2. The van der Waals surface area contributed by atoms with E-state index in [2.05, 4.69) is 20.6 Å². The standard InChI is InChI=1S/C22H26N6O4S/c1-13-6-7-16(32-3)15(9-13)25-17(29)11-28-12-24-19-18(21(28)31)33-22(26-19)27-8-4-5-14(10-27)20(30)23-2/h6-7,9,12,14H,4-5,8,10-11H2,1-3H3,(H,23,30)(H,25,29). The Morgan fingerprint density at radius 3 is 2.91 bits per heavy atom. The van der Waals surface area contributed by atoms with Gasteiger partial charge in [0.05, 0.1) is 18.7 Å². The van der Waals surface area contributed by atoms with E-state index in [1.165, 1.54) is 29.3 Å². The Kier molecular flexibility index (Phi) is 6.59. The summed E-state index contributed by atoms with van der Waals surface area (Å²) in [7, 11) is 3.17. The largest absolute Gasteiger partial charge is 0.495 e. The first-order valence-electron chi connectivity index (χ1n) is 10.7. The number of aryl methyl sites for hydroxylation is 1. The van der Waals surface area contributed by atoms with E-state index in [1.807, 2.05) is 17.9 Å². The number of carbonyl (C=O) groups is 2.